The quantitative estimate of drug-likeness (QED) is 0.202. The van der Waals surface area contributed by atoms with Gasteiger partial charge in [0, 0.05) is 19.5 Å². The van der Waals surface area contributed by atoms with E-state index in [1.54, 1.807) is 6.26 Å². The van der Waals surface area contributed by atoms with Gasteiger partial charge in [-0.05, 0) is 60.9 Å². The van der Waals surface area contributed by atoms with Crippen molar-refractivity contribution in [2.24, 2.45) is 0 Å². The number of nitrogens with one attached hydrogen (secondary N) is 1. The number of ether oxygens (including phenoxy) is 2. The highest BCUT2D eigenvalue weighted by Gasteiger charge is 2.44. The van der Waals surface area contributed by atoms with E-state index in [9.17, 15) is 20.1 Å². The molecular weight excluding hydrogens is 528 g/mol. The summed E-state index contributed by atoms with van der Waals surface area (Å²) in [4.78, 5) is 13.9. The van der Waals surface area contributed by atoms with Crippen molar-refractivity contribution in [3.05, 3.63) is 70.3 Å². The number of thioether (sulfide) groups is 1. The zero-order chi connectivity index (χ0) is 29.1. The molecule has 1 aliphatic rings. The van der Waals surface area contributed by atoms with Crippen LogP contribution in [-0.4, -0.2) is 96.0 Å². The molecule has 4 N–H and O–H groups in total. The predicted molar refractivity (Wildman–Crippen MR) is 158 cm³/mol. The summed E-state index contributed by atoms with van der Waals surface area (Å²) in [6, 6.07) is 14.3. The van der Waals surface area contributed by atoms with Crippen molar-refractivity contribution >= 4 is 17.7 Å². The molecule has 2 aromatic rings. The molecule has 5 atom stereocenters. The monoisotopic (exact) mass is 570 g/mol. The van der Waals surface area contributed by atoms with Gasteiger partial charge in [-0.15, -0.1) is 18.2 Å². The maximum atomic E-state index is 11.9. The molecule has 1 aliphatic heterocycles. The van der Waals surface area contributed by atoms with Crippen LogP contribution in [0.5, 0.6) is 0 Å². The van der Waals surface area contributed by atoms with Gasteiger partial charge in [-0.3, -0.25) is 9.69 Å². The van der Waals surface area contributed by atoms with Crippen LogP contribution in [0.15, 0.2) is 42.5 Å². The first-order chi connectivity index (χ1) is 19.2. The number of hydrogen-bond acceptors (Lipinski definition) is 8. The predicted octanol–water partition coefficient (Wildman–Crippen LogP) is 2.06. The molecule has 0 aliphatic carbocycles. The summed E-state index contributed by atoms with van der Waals surface area (Å²) in [5.41, 5.74) is 4.70. The Bertz CT molecular complexity index is 1120. The lowest BCUT2D eigenvalue weighted by atomic mass is 9.91. The summed E-state index contributed by atoms with van der Waals surface area (Å²) in [6.45, 7) is 4.81. The van der Waals surface area contributed by atoms with Gasteiger partial charge in [-0.25, -0.2) is 0 Å². The van der Waals surface area contributed by atoms with Crippen LogP contribution >= 0.6 is 11.8 Å². The van der Waals surface area contributed by atoms with Crippen LogP contribution in [0.3, 0.4) is 0 Å². The topological polar surface area (TPSA) is 111 Å². The van der Waals surface area contributed by atoms with E-state index in [0.29, 0.717) is 45.7 Å². The second-order valence-electron chi connectivity index (χ2n) is 10.2. The molecule has 0 saturated carbocycles. The van der Waals surface area contributed by atoms with Gasteiger partial charge in [0.25, 0.3) is 0 Å². The first-order valence-corrected chi connectivity index (χ1v) is 14.9. The Morgan fingerprint density at radius 3 is 2.52 bits per heavy atom. The molecule has 1 fully saturated rings. The van der Waals surface area contributed by atoms with Crippen molar-refractivity contribution < 1.29 is 29.6 Å². The molecule has 0 unspecified atom stereocenters. The molecule has 2 aromatic carbocycles. The molecule has 40 heavy (non-hydrogen) atoms. The van der Waals surface area contributed by atoms with Gasteiger partial charge < -0.3 is 30.1 Å². The maximum absolute atomic E-state index is 11.9. The Balaban J connectivity index is 1.45. The molecule has 1 amide bonds. The third-order valence-electron chi connectivity index (χ3n) is 7.11. The number of aliphatic hydroxyl groups is 3. The molecule has 1 saturated heterocycles. The highest BCUT2D eigenvalue weighted by atomic mass is 32.2. The number of carbonyl (C=O) groups excluding carboxylic acids is 1. The zero-order valence-electron chi connectivity index (χ0n) is 23.6. The van der Waals surface area contributed by atoms with E-state index in [4.69, 9.17) is 15.9 Å². The third-order valence-corrected chi connectivity index (χ3v) is 7.96. The molecule has 0 aromatic heterocycles. The van der Waals surface area contributed by atoms with E-state index in [2.05, 4.69) is 35.5 Å². The fraction of sp³-hybridized carbons (Fsp3) is 0.516. The summed E-state index contributed by atoms with van der Waals surface area (Å²) >= 11 is 1.31. The van der Waals surface area contributed by atoms with Gasteiger partial charge in [0.2, 0.25) is 5.91 Å². The van der Waals surface area contributed by atoms with Gasteiger partial charge in [-0.2, -0.15) is 0 Å². The van der Waals surface area contributed by atoms with E-state index in [0.717, 1.165) is 34.2 Å². The van der Waals surface area contributed by atoms with E-state index in [-0.39, 0.29) is 5.91 Å². The molecular formula is C31H42N2O6S. The number of hydrogen-bond donors (Lipinski definition) is 4. The molecule has 9 heteroatoms. The standard InChI is InChI=1S/C31H42N2O6S/c1-5-15-33(3)16-14-32-26(34)13-18-38-17-12-22-7-9-23(10-8-22)19-25-20-24(11-6-21(25)2)30-28(36)27(35)29(37)31(39-30)40-4/h1,6-11,20,27-31,35-37H,12-19H2,2-4H3,(H,32,34)/t27-,28-,29+,30+,31-/m1/s1. The van der Waals surface area contributed by atoms with Crippen LogP contribution in [0, 0.1) is 19.3 Å². The average molecular weight is 571 g/mol. The number of aryl methyl sites for hydroxylation is 1. The van der Waals surface area contributed by atoms with Gasteiger partial charge in [0.1, 0.15) is 29.9 Å². The smallest absolute Gasteiger partial charge is 0.222 e. The fourth-order valence-electron chi connectivity index (χ4n) is 4.59. The molecule has 0 spiro atoms. The van der Waals surface area contributed by atoms with E-state index in [1.165, 1.54) is 11.8 Å². The van der Waals surface area contributed by atoms with Crippen LogP contribution in [0.4, 0.5) is 0 Å². The summed E-state index contributed by atoms with van der Waals surface area (Å²) in [6.07, 6.45) is 4.53. The Morgan fingerprint density at radius 1 is 1.10 bits per heavy atom. The Kier molecular flexibility index (Phi) is 12.9. The van der Waals surface area contributed by atoms with Crippen molar-refractivity contribution in [3.8, 4) is 12.3 Å². The Labute approximate surface area is 242 Å². The number of amides is 1. The Morgan fingerprint density at radius 2 is 1.82 bits per heavy atom. The maximum Gasteiger partial charge on any atom is 0.222 e. The van der Waals surface area contributed by atoms with E-state index >= 15 is 0 Å². The largest absolute Gasteiger partial charge is 0.387 e. The average Bonchev–Trinajstić information content (AvgIpc) is 2.94. The summed E-state index contributed by atoms with van der Waals surface area (Å²) in [5.74, 6) is 2.54. The number of benzene rings is 2. The third kappa shape index (κ3) is 9.32. The van der Waals surface area contributed by atoms with Crippen LogP contribution in [0.1, 0.15) is 40.3 Å². The Hall–Kier alpha value is -2.42. The minimum atomic E-state index is -1.27. The first-order valence-electron chi connectivity index (χ1n) is 13.6. The van der Waals surface area contributed by atoms with Crippen LogP contribution < -0.4 is 5.32 Å². The summed E-state index contributed by atoms with van der Waals surface area (Å²) in [5, 5.41) is 33.9. The fourth-order valence-corrected chi connectivity index (χ4v) is 5.26. The highest BCUT2D eigenvalue weighted by Crippen LogP contribution is 2.36. The molecule has 0 radical (unpaired) electrons. The van der Waals surface area contributed by atoms with Crippen LogP contribution in [0.25, 0.3) is 0 Å². The van der Waals surface area contributed by atoms with Crippen molar-refractivity contribution in [1.82, 2.24) is 10.2 Å². The van der Waals surface area contributed by atoms with Crippen molar-refractivity contribution in [2.75, 3.05) is 46.2 Å². The second-order valence-corrected chi connectivity index (χ2v) is 11.2. The molecule has 218 valence electrons. The van der Waals surface area contributed by atoms with Gasteiger partial charge in [-0.1, -0.05) is 48.4 Å². The zero-order valence-corrected chi connectivity index (χ0v) is 24.4. The lowest BCUT2D eigenvalue weighted by molar-refractivity contribution is -0.200. The number of terminal acetylenes is 1. The highest BCUT2D eigenvalue weighted by molar-refractivity contribution is 7.99. The van der Waals surface area contributed by atoms with Gasteiger partial charge >= 0.3 is 0 Å². The van der Waals surface area contributed by atoms with Crippen molar-refractivity contribution in [2.45, 2.75) is 56.0 Å². The van der Waals surface area contributed by atoms with E-state index in [1.807, 2.05) is 37.1 Å². The molecule has 0 bridgehead atoms. The van der Waals surface area contributed by atoms with Crippen molar-refractivity contribution in [3.63, 3.8) is 0 Å². The molecule has 8 nitrogen and oxygen atoms in total. The lowest BCUT2D eigenvalue weighted by Gasteiger charge is -2.40. The summed E-state index contributed by atoms with van der Waals surface area (Å²) < 4.78 is 11.6. The number of carbonyl (C=O) groups is 1. The number of nitrogens with zero attached hydrogens (tertiary/aromatic N) is 1. The molecule has 3 rings (SSSR count). The molecule has 1 heterocycles. The van der Waals surface area contributed by atoms with Crippen LogP contribution in [-0.2, 0) is 27.1 Å². The number of aliphatic hydroxyl groups excluding tert-OH is 3. The van der Waals surface area contributed by atoms with Crippen LogP contribution in [0.2, 0.25) is 0 Å². The SMILES string of the molecule is C#CCN(C)CCNC(=O)CCOCCc1ccc(Cc2cc([C@@H]3O[C@H](SC)[C@@H](O)[C@H](O)[C@H]3O)ccc2C)cc1. The lowest BCUT2D eigenvalue weighted by Crippen LogP contribution is -2.52. The first kappa shape index (κ1) is 32.1. The second kappa shape index (κ2) is 16.1. The number of rotatable bonds is 14. The van der Waals surface area contributed by atoms with E-state index < -0.39 is 29.9 Å². The minimum absolute atomic E-state index is 0.0276. The van der Waals surface area contributed by atoms with Gasteiger partial charge in [0.05, 0.1) is 19.8 Å². The minimum Gasteiger partial charge on any atom is -0.387 e. The van der Waals surface area contributed by atoms with Gasteiger partial charge in [0.15, 0.2) is 0 Å². The summed E-state index contributed by atoms with van der Waals surface area (Å²) in [7, 11) is 1.92. The normalized spacial score (nSPS) is 22.7. The van der Waals surface area contributed by atoms with Crippen molar-refractivity contribution in [1.29, 1.82) is 0 Å². The number of likely N-dealkylation sites (N-methyl/N-ethyl adjacent to an activating group) is 1.